The molecule has 0 aliphatic heterocycles. The summed E-state index contributed by atoms with van der Waals surface area (Å²) in [6.45, 7) is 0.108. The molecule has 0 amide bonds. The molecule has 1 N–H and O–H groups in total. The van der Waals surface area contributed by atoms with E-state index in [0.29, 0.717) is 48.4 Å². The van der Waals surface area contributed by atoms with Gasteiger partial charge in [-0.3, -0.25) is 9.59 Å². The van der Waals surface area contributed by atoms with Crippen LogP contribution in [0.4, 0.5) is 0 Å². The number of aliphatic hydroxyl groups is 1. The minimum absolute atomic E-state index is 0.108. The number of aliphatic hydroxyl groups excluding tert-OH is 1. The monoisotopic (exact) mass is 582 g/mol. The third kappa shape index (κ3) is 4.23. The van der Waals surface area contributed by atoms with Gasteiger partial charge in [0.1, 0.15) is 11.5 Å². The van der Waals surface area contributed by atoms with Crippen LogP contribution in [0.1, 0.15) is 26.3 Å². The summed E-state index contributed by atoms with van der Waals surface area (Å²) in [5, 5.41) is 10.4. The van der Waals surface area contributed by atoms with Crippen molar-refractivity contribution in [1.82, 2.24) is 0 Å². The Morgan fingerprint density at radius 3 is 2.15 bits per heavy atom. The number of ether oxygens (including phenoxy) is 1. The van der Waals surface area contributed by atoms with Crippen molar-refractivity contribution in [3.05, 3.63) is 71.3 Å². The number of ketones is 2. The third-order valence-electron chi connectivity index (χ3n) is 4.25. The molecule has 0 fully saturated rings. The van der Waals surface area contributed by atoms with Gasteiger partial charge in [0.15, 0.2) is 0 Å². The summed E-state index contributed by atoms with van der Waals surface area (Å²) in [5.41, 5.74) is 1.91. The van der Waals surface area contributed by atoms with Gasteiger partial charge in [0, 0.05) is 28.5 Å². The fraction of sp³-hybridized carbons (Fsp3) is 0.100. The Morgan fingerprint density at radius 2 is 1.52 bits per heavy atom. The van der Waals surface area contributed by atoms with Crippen molar-refractivity contribution in [3.8, 4) is 11.5 Å². The van der Waals surface area contributed by atoms with Gasteiger partial charge < -0.3 is 9.84 Å². The molecule has 0 saturated carbocycles. The first-order chi connectivity index (χ1) is 13.1. The van der Waals surface area contributed by atoms with Gasteiger partial charge in [0.05, 0.1) is 0 Å². The van der Waals surface area contributed by atoms with Crippen LogP contribution in [0.5, 0.6) is 11.5 Å². The molecule has 7 heteroatoms. The van der Waals surface area contributed by atoms with Crippen molar-refractivity contribution in [3.63, 3.8) is 0 Å². The normalized spacial score (nSPS) is 12.3. The van der Waals surface area contributed by atoms with E-state index >= 15 is 0 Å². The molecular formula is C20H14Br2O4Pd. The van der Waals surface area contributed by atoms with E-state index in [-0.39, 0.29) is 6.61 Å². The summed E-state index contributed by atoms with van der Waals surface area (Å²) >= 11 is 6.80. The molecule has 4 nitrogen and oxygen atoms in total. The SMILES string of the molecule is O=C1C(=O)c2ccc(Oc3ccc(CCO)cc3)c3cccc1c23.[Br][Pd][Br]. The summed E-state index contributed by atoms with van der Waals surface area (Å²) in [4.78, 5) is 24.1. The number of hydrogen-bond acceptors (Lipinski definition) is 4. The second kappa shape index (κ2) is 9.22. The summed E-state index contributed by atoms with van der Waals surface area (Å²) in [7, 11) is 0. The van der Waals surface area contributed by atoms with Gasteiger partial charge in [0.25, 0.3) is 0 Å². The quantitative estimate of drug-likeness (QED) is 0.337. The van der Waals surface area contributed by atoms with Crippen LogP contribution in [0.2, 0.25) is 0 Å². The molecule has 0 spiro atoms. The summed E-state index contributed by atoms with van der Waals surface area (Å²) in [5.74, 6) is 0.350. The molecule has 3 aromatic carbocycles. The summed E-state index contributed by atoms with van der Waals surface area (Å²) < 4.78 is 5.95. The first kappa shape index (κ1) is 20.4. The van der Waals surface area contributed by atoms with E-state index in [1.807, 2.05) is 30.3 Å². The number of rotatable bonds is 4. The average molecular weight is 585 g/mol. The second-order valence-electron chi connectivity index (χ2n) is 5.76. The molecule has 0 radical (unpaired) electrons. The molecule has 0 bridgehead atoms. The van der Waals surface area contributed by atoms with E-state index in [1.54, 1.807) is 24.3 Å². The fourth-order valence-electron chi connectivity index (χ4n) is 3.07. The first-order valence-corrected chi connectivity index (χ1v) is 15.1. The number of hydrogen-bond donors (Lipinski definition) is 1. The third-order valence-corrected chi connectivity index (χ3v) is 4.25. The number of carbonyl (C=O) groups is 2. The Kier molecular flexibility index (Phi) is 6.96. The molecule has 0 heterocycles. The van der Waals surface area contributed by atoms with E-state index in [1.165, 1.54) is 0 Å². The van der Waals surface area contributed by atoms with Gasteiger partial charge in [-0.2, -0.15) is 0 Å². The molecule has 1 aliphatic rings. The zero-order valence-electron chi connectivity index (χ0n) is 13.9. The van der Waals surface area contributed by atoms with E-state index in [4.69, 9.17) is 9.84 Å². The molecule has 0 atom stereocenters. The zero-order chi connectivity index (χ0) is 19.4. The average Bonchev–Trinajstić information content (AvgIpc) is 2.93. The van der Waals surface area contributed by atoms with Gasteiger partial charge in [-0.05, 0) is 36.2 Å². The molecule has 142 valence electrons. The van der Waals surface area contributed by atoms with E-state index in [9.17, 15) is 9.59 Å². The van der Waals surface area contributed by atoms with Gasteiger partial charge in [-0.15, -0.1) is 0 Å². The van der Waals surface area contributed by atoms with Crippen molar-refractivity contribution in [2.24, 2.45) is 0 Å². The van der Waals surface area contributed by atoms with Crippen LogP contribution in [-0.4, -0.2) is 23.3 Å². The number of halogens is 2. The van der Waals surface area contributed by atoms with E-state index < -0.39 is 11.6 Å². The Morgan fingerprint density at radius 1 is 0.889 bits per heavy atom. The van der Waals surface area contributed by atoms with Gasteiger partial charge in [-0.1, -0.05) is 30.3 Å². The van der Waals surface area contributed by atoms with Crippen LogP contribution >= 0.6 is 26.9 Å². The number of benzene rings is 3. The number of carbonyl (C=O) groups excluding carboxylic acids is 2. The standard InChI is InChI=1S/C20H14O4.2BrH.Pd/c21-11-10-12-4-6-13(7-5-12)24-17-9-8-16-18-14(17)2-1-3-15(18)19(22)20(16)23;;;/h1-9,21H,10-11H2;2*1H;/q;;;+2/p-2. The molecule has 0 unspecified atom stereocenters. The maximum atomic E-state index is 12.0. The van der Waals surface area contributed by atoms with Crippen LogP contribution < -0.4 is 4.74 Å². The van der Waals surface area contributed by atoms with Crippen LogP contribution in [0, 0.1) is 0 Å². The van der Waals surface area contributed by atoms with Crippen LogP contribution in [0.15, 0.2) is 54.6 Å². The van der Waals surface area contributed by atoms with Crippen LogP contribution in [-0.2, 0) is 20.4 Å². The molecule has 4 rings (SSSR count). The predicted octanol–water partition coefficient (Wildman–Crippen LogP) is 5.23. The van der Waals surface area contributed by atoms with Crippen molar-refractivity contribution >= 4 is 49.2 Å². The number of Topliss-reactive ketones (excluding diaryl/α,β-unsaturated/α-hetero) is 2. The van der Waals surface area contributed by atoms with Crippen molar-refractivity contribution < 1.29 is 33.4 Å². The van der Waals surface area contributed by atoms with Crippen molar-refractivity contribution in [1.29, 1.82) is 0 Å². The topological polar surface area (TPSA) is 63.6 Å². The van der Waals surface area contributed by atoms with Crippen LogP contribution in [0.3, 0.4) is 0 Å². The van der Waals surface area contributed by atoms with Crippen LogP contribution in [0.25, 0.3) is 10.8 Å². The van der Waals surface area contributed by atoms with Gasteiger partial charge in [-0.25, -0.2) is 0 Å². The molecule has 27 heavy (non-hydrogen) atoms. The molecule has 0 saturated heterocycles. The van der Waals surface area contributed by atoms with Crippen molar-refractivity contribution in [2.45, 2.75) is 6.42 Å². The van der Waals surface area contributed by atoms with Gasteiger partial charge >= 0.3 is 40.8 Å². The van der Waals surface area contributed by atoms with E-state index in [2.05, 4.69) is 26.9 Å². The molecular weight excluding hydrogens is 570 g/mol. The van der Waals surface area contributed by atoms with Crippen molar-refractivity contribution in [2.75, 3.05) is 6.61 Å². The Bertz CT molecular complexity index is 983. The molecule has 0 aromatic heterocycles. The molecule has 3 aromatic rings. The predicted molar refractivity (Wildman–Crippen MR) is 108 cm³/mol. The summed E-state index contributed by atoms with van der Waals surface area (Å²) in [6.07, 6.45) is 0.603. The Labute approximate surface area is 177 Å². The summed E-state index contributed by atoms with van der Waals surface area (Å²) in [6, 6.07) is 16.1. The molecule has 1 aliphatic carbocycles. The maximum absolute atomic E-state index is 12.0. The Hall–Kier alpha value is -1.36. The zero-order valence-corrected chi connectivity index (χ0v) is 18.6. The second-order valence-corrected chi connectivity index (χ2v) is 12.9. The van der Waals surface area contributed by atoms with Gasteiger partial charge in [0.2, 0.25) is 11.6 Å². The Balaban J connectivity index is 0.000000659. The van der Waals surface area contributed by atoms with E-state index in [0.717, 1.165) is 10.9 Å². The minimum atomic E-state index is -0.457. The fourth-order valence-corrected chi connectivity index (χ4v) is 3.07. The first-order valence-electron chi connectivity index (χ1n) is 7.95.